The van der Waals surface area contributed by atoms with Crippen LogP contribution in [0.1, 0.15) is 4.88 Å². The van der Waals surface area contributed by atoms with Gasteiger partial charge in [0, 0.05) is 19.8 Å². The Balaban J connectivity index is 2.80. The average molecular weight is 278 g/mol. The zero-order valence-electron chi connectivity index (χ0n) is 6.55. The van der Waals surface area contributed by atoms with E-state index < -0.39 is 0 Å². The maximum atomic E-state index is 8.97. The van der Waals surface area contributed by atoms with Gasteiger partial charge in [-0.1, -0.05) is 11.6 Å². The Morgan fingerprint density at radius 1 is 1.46 bits per heavy atom. The summed E-state index contributed by atoms with van der Waals surface area (Å²) in [5.41, 5.74) is 0. The van der Waals surface area contributed by atoms with Crippen molar-refractivity contribution >= 4 is 49.0 Å². The van der Waals surface area contributed by atoms with Crippen molar-refractivity contribution in [1.82, 2.24) is 0 Å². The number of hydrogen-bond acceptors (Lipinski definition) is 2. The maximum Gasteiger partial charge on any atom is 0.0774 e. The lowest BCUT2D eigenvalue weighted by atomic mass is 10.2. The predicted octanol–water partition coefficient (Wildman–Crippen LogP) is 3.81. The molecule has 0 amide bonds. The highest BCUT2D eigenvalue weighted by Crippen LogP contribution is 2.36. The van der Waals surface area contributed by atoms with Crippen LogP contribution in [0.5, 0.6) is 0 Å². The summed E-state index contributed by atoms with van der Waals surface area (Å²) in [6.07, 6.45) is 0. The van der Waals surface area contributed by atoms with Gasteiger partial charge in [0.2, 0.25) is 0 Å². The molecule has 68 valence electrons. The monoisotopic (exact) mass is 276 g/mol. The molecule has 0 aliphatic heterocycles. The van der Waals surface area contributed by atoms with E-state index in [2.05, 4.69) is 15.9 Å². The summed E-state index contributed by atoms with van der Waals surface area (Å²) < 4.78 is 2.12. The van der Waals surface area contributed by atoms with Gasteiger partial charge in [-0.2, -0.15) is 0 Å². The molecule has 0 atom stereocenters. The van der Waals surface area contributed by atoms with Crippen LogP contribution in [0.25, 0.3) is 10.1 Å². The SMILES string of the molecule is OCc1cc2c(Cl)ccc(Br)c2s1. The Morgan fingerprint density at radius 2 is 2.23 bits per heavy atom. The zero-order chi connectivity index (χ0) is 9.42. The van der Waals surface area contributed by atoms with Crippen molar-refractivity contribution < 1.29 is 5.11 Å². The van der Waals surface area contributed by atoms with E-state index in [1.807, 2.05) is 18.2 Å². The van der Waals surface area contributed by atoms with Crippen LogP contribution < -0.4 is 0 Å². The fourth-order valence-electron chi connectivity index (χ4n) is 1.19. The number of hydrogen-bond donors (Lipinski definition) is 1. The Labute approximate surface area is 93.1 Å². The van der Waals surface area contributed by atoms with Crippen molar-refractivity contribution in [3.05, 3.63) is 32.6 Å². The molecule has 0 fully saturated rings. The van der Waals surface area contributed by atoms with Gasteiger partial charge in [-0.3, -0.25) is 0 Å². The van der Waals surface area contributed by atoms with Gasteiger partial charge in [0.1, 0.15) is 0 Å². The summed E-state index contributed by atoms with van der Waals surface area (Å²) in [5.74, 6) is 0. The maximum absolute atomic E-state index is 8.97. The second-order valence-electron chi connectivity index (χ2n) is 2.64. The number of fused-ring (bicyclic) bond motifs is 1. The van der Waals surface area contributed by atoms with Crippen LogP contribution in [0.3, 0.4) is 0 Å². The van der Waals surface area contributed by atoms with Crippen molar-refractivity contribution in [3.8, 4) is 0 Å². The smallest absolute Gasteiger partial charge is 0.0774 e. The quantitative estimate of drug-likeness (QED) is 0.840. The molecular formula is C9H6BrClOS. The van der Waals surface area contributed by atoms with Crippen LogP contribution in [0.4, 0.5) is 0 Å². The van der Waals surface area contributed by atoms with E-state index in [-0.39, 0.29) is 6.61 Å². The highest BCUT2D eigenvalue weighted by Gasteiger charge is 2.07. The molecule has 0 bridgehead atoms. The van der Waals surface area contributed by atoms with E-state index in [1.54, 1.807) is 11.3 Å². The van der Waals surface area contributed by atoms with Gasteiger partial charge in [-0.25, -0.2) is 0 Å². The number of aliphatic hydroxyl groups is 1. The summed E-state index contributed by atoms with van der Waals surface area (Å²) in [6.45, 7) is 0.0715. The Kier molecular flexibility index (Phi) is 2.60. The van der Waals surface area contributed by atoms with Crippen LogP contribution >= 0.6 is 38.9 Å². The molecule has 1 aromatic carbocycles. The summed E-state index contributed by atoms with van der Waals surface area (Å²) in [7, 11) is 0. The average Bonchev–Trinajstić information content (AvgIpc) is 2.56. The molecule has 0 aliphatic carbocycles. The molecule has 1 nitrogen and oxygen atoms in total. The molecule has 1 N–H and O–H groups in total. The second kappa shape index (κ2) is 3.58. The van der Waals surface area contributed by atoms with Crippen molar-refractivity contribution in [2.24, 2.45) is 0 Å². The second-order valence-corrected chi connectivity index (χ2v) is 5.04. The van der Waals surface area contributed by atoms with E-state index >= 15 is 0 Å². The largest absolute Gasteiger partial charge is 0.391 e. The minimum atomic E-state index is 0.0715. The van der Waals surface area contributed by atoms with Crippen LogP contribution in [0, 0.1) is 0 Å². The lowest BCUT2D eigenvalue weighted by molar-refractivity contribution is 0.285. The highest BCUT2D eigenvalue weighted by molar-refractivity contribution is 9.10. The minimum Gasteiger partial charge on any atom is -0.391 e. The Bertz CT molecular complexity index is 413. The first-order valence-electron chi connectivity index (χ1n) is 3.69. The number of benzene rings is 1. The number of rotatable bonds is 1. The van der Waals surface area contributed by atoms with Gasteiger partial charge >= 0.3 is 0 Å². The van der Waals surface area contributed by atoms with Crippen molar-refractivity contribution in [1.29, 1.82) is 0 Å². The fraction of sp³-hybridized carbons (Fsp3) is 0.111. The third-order valence-corrected chi connectivity index (χ3v) is 4.20. The van der Waals surface area contributed by atoms with E-state index in [0.29, 0.717) is 0 Å². The molecule has 2 aromatic rings. The summed E-state index contributed by atoms with van der Waals surface area (Å²) in [5, 5.41) is 10.7. The third kappa shape index (κ3) is 1.62. The lowest BCUT2D eigenvalue weighted by Crippen LogP contribution is -1.70. The Morgan fingerprint density at radius 3 is 2.85 bits per heavy atom. The zero-order valence-corrected chi connectivity index (χ0v) is 9.71. The first kappa shape index (κ1) is 9.46. The number of aliphatic hydroxyl groups excluding tert-OH is 1. The summed E-state index contributed by atoms with van der Waals surface area (Å²) in [4.78, 5) is 0.934. The molecule has 1 heterocycles. The minimum absolute atomic E-state index is 0.0715. The van der Waals surface area contributed by atoms with Crippen molar-refractivity contribution in [2.45, 2.75) is 6.61 Å². The molecule has 0 aliphatic rings. The number of thiophene rings is 1. The lowest BCUT2D eigenvalue weighted by Gasteiger charge is -1.94. The molecule has 4 heteroatoms. The topological polar surface area (TPSA) is 20.2 Å². The van der Waals surface area contributed by atoms with Crippen LogP contribution in [0.15, 0.2) is 22.7 Å². The van der Waals surface area contributed by atoms with Gasteiger partial charge in [-0.15, -0.1) is 11.3 Å². The first-order chi connectivity index (χ1) is 6.22. The van der Waals surface area contributed by atoms with E-state index in [1.165, 1.54) is 0 Å². The molecule has 13 heavy (non-hydrogen) atoms. The fourth-order valence-corrected chi connectivity index (χ4v) is 2.99. The van der Waals surface area contributed by atoms with Crippen LogP contribution in [0.2, 0.25) is 5.02 Å². The van der Waals surface area contributed by atoms with Crippen LogP contribution in [-0.2, 0) is 6.61 Å². The van der Waals surface area contributed by atoms with Crippen LogP contribution in [-0.4, -0.2) is 5.11 Å². The molecule has 0 saturated carbocycles. The van der Waals surface area contributed by atoms with Gasteiger partial charge in [-0.05, 0) is 34.1 Å². The molecular weight excluding hydrogens is 272 g/mol. The summed E-state index contributed by atoms with van der Waals surface area (Å²) >= 11 is 11.0. The van der Waals surface area contributed by atoms with Gasteiger partial charge in [0.25, 0.3) is 0 Å². The summed E-state index contributed by atoms with van der Waals surface area (Å²) in [6, 6.07) is 5.69. The van der Waals surface area contributed by atoms with Gasteiger partial charge in [0.05, 0.1) is 11.3 Å². The molecule has 0 unspecified atom stereocenters. The van der Waals surface area contributed by atoms with E-state index in [9.17, 15) is 0 Å². The molecule has 2 rings (SSSR count). The molecule has 0 radical (unpaired) electrons. The first-order valence-corrected chi connectivity index (χ1v) is 5.68. The van der Waals surface area contributed by atoms with E-state index in [0.717, 1.165) is 24.5 Å². The molecule has 0 spiro atoms. The molecule has 1 aromatic heterocycles. The Hall–Kier alpha value is -0.0900. The van der Waals surface area contributed by atoms with Crippen molar-refractivity contribution in [2.75, 3.05) is 0 Å². The normalized spacial score (nSPS) is 11.0. The van der Waals surface area contributed by atoms with Gasteiger partial charge < -0.3 is 5.11 Å². The van der Waals surface area contributed by atoms with Gasteiger partial charge in [0.15, 0.2) is 0 Å². The predicted molar refractivity (Wildman–Crippen MR) is 60.5 cm³/mol. The number of halogens is 2. The highest BCUT2D eigenvalue weighted by atomic mass is 79.9. The third-order valence-electron chi connectivity index (χ3n) is 1.79. The van der Waals surface area contributed by atoms with Crippen molar-refractivity contribution in [3.63, 3.8) is 0 Å². The standard InChI is InChI=1S/C9H6BrClOS/c10-7-1-2-8(11)6-3-5(4-12)13-9(6)7/h1-3,12H,4H2. The molecule has 0 saturated heterocycles. The van der Waals surface area contributed by atoms with E-state index in [4.69, 9.17) is 16.7 Å².